The molecule has 106 valence electrons. The monoisotopic (exact) mass is 285 g/mol. The Kier molecular flexibility index (Phi) is 3.73. The Morgan fingerprint density at radius 2 is 1.95 bits per heavy atom. The van der Waals surface area contributed by atoms with Crippen LogP contribution in [0.15, 0.2) is 35.6 Å². The Labute approximate surface area is 111 Å². The normalized spacial score (nSPS) is 11.4. The highest BCUT2D eigenvalue weighted by molar-refractivity contribution is 5.41. The van der Waals surface area contributed by atoms with Crippen LogP contribution in [0, 0.1) is 4.91 Å². The van der Waals surface area contributed by atoms with Crippen molar-refractivity contribution in [2.45, 2.75) is 12.7 Å². The molecule has 0 aliphatic carbocycles. The van der Waals surface area contributed by atoms with Gasteiger partial charge in [0.2, 0.25) is 0 Å². The first kappa shape index (κ1) is 14.0. The van der Waals surface area contributed by atoms with Gasteiger partial charge in [-0.3, -0.25) is 4.68 Å². The van der Waals surface area contributed by atoms with Crippen LogP contribution < -0.4 is 4.74 Å². The number of methoxy groups -OCH3 is 1. The van der Waals surface area contributed by atoms with Crippen LogP contribution in [0.4, 0.5) is 18.9 Å². The summed E-state index contributed by atoms with van der Waals surface area (Å²) in [6.45, 7) is 0.0998. The molecular formula is C12H10F3N3O2. The fourth-order valence-corrected chi connectivity index (χ4v) is 1.68. The zero-order valence-corrected chi connectivity index (χ0v) is 10.4. The quantitative estimate of drug-likeness (QED) is 0.809. The molecule has 0 unspecified atom stereocenters. The zero-order chi connectivity index (χ0) is 14.8. The molecule has 8 heteroatoms. The van der Waals surface area contributed by atoms with Crippen molar-refractivity contribution in [3.8, 4) is 5.75 Å². The SMILES string of the molecule is COc1ccc(Cn2cc(N=O)c(C(F)(F)F)n2)cc1. The van der Waals surface area contributed by atoms with Gasteiger partial charge in [0.05, 0.1) is 19.9 Å². The molecule has 0 fully saturated rings. The van der Waals surface area contributed by atoms with Gasteiger partial charge >= 0.3 is 6.18 Å². The van der Waals surface area contributed by atoms with Crippen LogP contribution in [0.5, 0.6) is 5.75 Å². The standard InChI is InChI=1S/C12H10F3N3O2/c1-20-9-4-2-8(3-5-9)6-18-7-10(17-19)11(16-18)12(13,14)15/h2-5,7H,6H2,1H3. The number of rotatable bonds is 4. The minimum atomic E-state index is -4.70. The lowest BCUT2D eigenvalue weighted by Gasteiger charge is -2.04. The minimum Gasteiger partial charge on any atom is -0.497 e. The van der Waals surface area contributed by atoms with E-state index in [-0.39, 0.29) is 6.54 Å². The van der Waals surface area contributed by atoms with Gasteiger partial charge in [-0.1, -0.05) is 12.1 Å². The lowest BCUT2D eigenvalue weighted by molar-refractivity contribution is -0.140. The number of nitroso groups, excluding NO2 is 1. The third kappa shape index (κ3) is 2.95. The first-order valence-corrected chi connectivity index (χ1v) is 5.55. The average Bonchev–Trinajstić information content (AvgIpc) is 2.83. The Morgan fingerprint density at radius 3 is 2.40 bits per heavy atom. The largest absolute Gasteiger partial charge is 0.497 e. The van der Waals surface area contributed by atoms with Crippen LogP contribution in [0.1, 0.15) is 11.3 Å². The fourth-order valence-electron chi connectivity index (χ4n) is 1.68. The molecule has 1 aromatic carbocycles. The second kappa shape index (κ2) is 5.32. The van der Waals surface area contributed by atoms with E-state index in [1.165, 1.54) is 7.11 Å². The Hall–Kier alpha value is -2.38. The van der Waals surface area contributed by atoms with E-state index >= 15 is 0 Å². The highest BCUT2D eigenvalue weighted by Crippen LogP contribution is 2.35. The van der Waals surface area contributed by atoms with Crippen LogP contribution in [0.2, 0.25) is 0 Å². The molecule has 2 aromatic rings. The summed E-state index contributed by atoms with van der Waals surface area (Å²) in [7, 11) is 1.51. The first-order valence-electron chi connectivity index (χ1n) is 5.55. The maximum Gasteiger partial charge on any atom is 0.437 e. The molecule has 0 saturated heterocycles. The number of alkyl halides is 3. The van der Waals surface area contributed by atoms with Crippen LogP contribution in [-0.4, -0.2) is 16.9 Å². The first-order chi connectivity index (χ1) is 9.44. The fraction of sp³-hybridized carbons (Fsp3) is 0.250. The van der Waals surface area contributed by atoms with E-state index in [0.717, 1.165) is 16.4 Å². The summed E-state index contributed by atoms with van der Waals surface area (Å²) in [5, 5.41) is 5.71. The molecule has 0 aliphatic heterocycles. The van der Waals surface area contributed by atoms with Gasteiger partial charge in [-0.15, -0.1) is 4.91 Å². The van der Waals surface area contributed by atoms with Crippen LogP contribution in [0.25, 0.3) is 0 Å². The average molecular weight is 285 g/mol. The number of benzene rings is 1. The van der Waals surface area contributed by atoms with E-state index in [2.05, 4.69) is 10.3 Å². The molecule has 0 bridgehead atoms. The second-order valence-corrected chi connectivity index (χ2v) is 4.00. The van der Waals surface area contributed by atoms with Crippen molar-refractivity contribution in [1.29, 1.82) is 0 Å². The molecular weight excluding hydrogens is 275 g/mol. The third-order valence-electron chi connectivity index (χ3n) is 2.61. The molecule has 1 heterocycles. The Balaban J connectivity index is 2.25. The maximum absolute atomic E-state index is 12.6. The highest BCUT2D eigenvalue weighted by Gasteiger charge is 2.38. The van der Waals surface area contributed by atoms with Gasteiger partial charge in [0, 0.05) is 0 Å². The Bertz CT molecular complexity index is 605. The molecule has 20 heavy (non-hydrogen) atoms. The van der Waals surface area contributed by atoms with E-state index in [1.54, 1.807) is 24.3 Å². The summed E-state index contributed by atoms with van der Waals surface area (Å²) in [4.78, 5) is 10.4. The topological polar surface area (TPSA) is 56.5 Å². The van der Waals surface area contributed by atoms with Crippen molar-refractivity contribution in [2.24, 2.45) is 5.18 Å². The second-order valence-electron chi connectivity index (χ2n) is 4.00. The summed E-state index contributed by atoms with van der Waals surface area (Å²) in [6, 6.07) is 6.76. The number of halogens is 3. The van der Waals surface area contributed by atoms with Gasteiger partial charge < -0.3 is 4.74 Å². The van der Waals surface area contributed by atoms with Gasteiger partial charge in [0.25, 0.3) is 0 Å². The number of ether oxygens (including phenoxy) is 1. The van der Waals surface area contributed by atoms with E-state index in [0.29, 0.717) is 5.75 Å². The van der Waals surface area contributed by atoms with Gasteiger partial charge in [-0.25, -0.2) is 0 Å². The molecule has 0 amide bonds. The molecule has 0 radical (unpaired) electrons. The van der Waals surface area contributed by atoms with Crippen molar-refractivity contribution in [1.82, 2.24) is 9.78 Å². The van der Waals surface area contributed by atoms with Crippen LogP contribution in [0.3, 0.4) is 0 Å². The number of hydrogen-bond donors (Lipinski definition) is 0. The van der Waals surface area contributed by atoms with Gasteiger partial charge in [-0.05, 0) is 22.9 Å². The lowest BCUT2D eigenvalue weighted by Crippen LogP contribution is -2.08. The summed E-state index contributed by atoms with van der Waals surface area (Å²) in [5.41, 5.74) is -1.27. The van der Waals surface area contributed by atoms with Crippen LogP contribution in [-0.2, 0) is 12.7 Å². The highest BCUT2D eigenvalue weighted by atomic mass is 19.4. The summed E-state index contributed by atoms with van der Waals surface area (Å²) in [5.74, 6) is 0.639. The van der Waals surface area contributed by atoms with E-state index in [1.807, 2.05) is 0 Å². The molecule has 0 spiro atoms. The van der Waals surface area contributed by atoms with Crippen molar-refractivity contribution in [3.63, 3.8) is 0 Å². The summed E-state index contributed by atoms with van der Waals surface area (Å²) < 4.78 is 43.8. The predicted molar refractivity (Wildman–Crippen MR) is 64.8 cm³/mol. The lowest BCUT2D eigenvalue weighted by atomic mass is 10.2. The summed E-state index contributed by atoms with van der Waals surface area (Å²) >= 11 is 0. The van der Waals surface area contributed by atoms with Gasteiger partial charge in [-0.2, -0.15) is 18.3 Å². The zero-order valence-electron chi connectivity index (χ0n) is 10.4. The smallest absolute Gasteiger partial charge is 0.437 e. The van der Waals surface area contributed by atoms with Gasteiger partial charge in [0.1, 0.15) is 5.75 Å². The number of aromatic nitrogens is 2. The Morgan fingerprint density at radius 1 is 1.30 bits per heavy atom. The van der Waals surface area contributed by atoms with Gasteiger partial charge in [0.15, 0.2) is 11.4 Å². The third-order valence-corrected chi connectivity index (χ3v) is 2.61. The molecule has 2 rings (SSSR count). The maximum atomic E-state index is 12.6. The predicted octanol–water partition coefficient (Wildman–Crippen LogP) is 3.36. The molecule has 0 N–H and O–H groups in total. The van der Waals surface area contributed by atoms with E-state index < -0.39 is 17.6 Å². The summed E-state index contributed by atoms with van der Waals surface area (Å²) in [6.07, 6.45) is -3.73. The van der Waals surface area contributed by atoms with Crippen LogP contribution >= 0.6 is 0 Å². The number of nitrogens with zero attached hydrogens (tertiary/aromatic N) is 3. The molecule has 1 aromatic heterocycles. The van der Waals surface area contributed by atoms with Crippen molar-refractivity contribution in [2.75, 3.05) is 7.11 Å². The molecule has 0 atom stereocenters. The molecule has 5 nitrogen and oxygen atoms in total. The van der Waals surface area contributed by atoms with E-state index in [4.69, 9.17) is 4.74 Å². The van der Waals surface area contributed by atoms with Crippen molar-refractivity contribution in [3.05, 3.63) is 46.6 Å². The number of hydrogen-bond acceptors (Lipinski definition) is 4. The van der Waals surface area contributed by atoms with Crippen molar-refractivity contribution < 1.29 is 17.9 Å². The molecule has 0 aliphatic rings. The molecule has 0 saturated carbocycles. The van der Waals surface area contributed by atoms with E-state index in [9.17, 15) is 18.1 Å². The minimum absolute atomic E-state index is 0.0998. The van der Waals surface area contributed by atoms with Crippen molar-refractivity contribution >= 4 is 5.69 Å².